The van der Waals surface area contributed by atoms with E-state index in [1.54, 1.807) is 0 Å². The largest absolute Gasteiger partial charge is 0.501 e. The highest BCUT2D eigenvalue weighted by Gasteiger charge is 2.43. The van der Waals surface area contributed by atoms with Crippen molar-refractivity contribution in [3.63, 3.8) is 0 Å². The molecule has 0 aromatic rings. The van der Waals surface area contributed by atoms with E-state index >= 15 is 0 Å². The average Bonchev–Trinajstić information content (AvgIpc) is 3.36. The van der Waals surface area contributed by atoms with Gasteiger partial charge in [0.25, 0.3) is 0 Å². The van der Waals surface area contributed by atoms with Gasteiger partial charge in [0.05, 0.1) is 184 Å². The first kappa shape index (κ1) is 66.7. The van der Waals surface area contributed by atoms with E-state index in [1.807, 2.05) is 0 Å². The fraction of sp³-hybridized carbons (Fsp3) is 0.894. The number of nitrogens with one attached hydrogen (secondary N) is 1. The summed E-state index contributed by atoms with van der Waals surface area (Å²) in [6.45, 7) is 19.6. The fourth-order valence-electron chi connectivity index (χ4n) is 6.46. The smallest absolute Gasteiger partial charge is 0.379 e. The Kier molecular flexibility index (Phi) is 44.9. The molecule has 0 aromatic heterocycles. The fourth-order valence-corrected chi connectivity index (χ4v) is 9.48. The van der Waals surface area contributed by atoms with E-state index in [-0.39, 0.29) is 31.0 Å². The molecule has 0 radical (unpaired) electrons. The molecular formula is C47H87N5O19SSi. The minimum atomic E-state index is -3.22. The second-order valence-corrected chi connectivity index (χ2v) is 20.9. The maximum atomic E-state index is 12.0. The third-order valence-corrected chi connectivity index (χ3v) is 14.5. The number of hydrogen-bond acceptors (Lipinski definition) is 21. The monoisotopic (exact) mass is 1090 g/mol. The standard InChI is InChI=1S/C28H55N3O14S.C19H32N2O5Si/c1-2-46(32,33)28-27-45-26-25-44-24-23-43-22-21-42-20-19-41-18-17-40-16-15-39-14-13-38-12-11-37-10-9-36-8-7-35-6-5-34-4-3-30-31-29;22-19(17-23-18-7-4-2-1-3-5-8-18)20-9-6-16-27-24-13-10-21(11-14-25-27)12-15-26-27/h2H,1,3-28H2;18H,1-4,6-7,9-17H2,(H,20,22). The molecule has 0 spiro atoms. The minimum absolute atomic E-state index is 0.0707. The summed E-state index contributed by atoms with van der Waals surface area (Å²) < 4.78 is 111. The quantitative estimate of drug-likeness (QED) is 0.0229. The average molecular weight is 1090 g/mol. The number of rotatable bonds is 47. The molecule has 0 aromatic carbocycles. The van der Waals surface area contributed by atoms with Crippen LogP contribution in [0.2, 0.25) is 6.04 Å². The SMILES string of the molecule is C=CS(=O)(=O)CCOCCOCCOCCOCCOCCOCCOCCOCCOCCOCCOCCOCCN=[N+]=[N-].O=C(COC1C#CCCCCC1)NCCC[Si]12OCCN(CCO1)CCO2. The summed E-state index contributed by atoms with van der Waals surface area (Å²) in [7, 11) is -5.80. The van der Waals surface area contributed by atoms with Gasteiger partial charge in [-0.2, -0.15) is 0 Å². The number of fused-ring (bicyclic) bond motifs is 6. The molecule has 1 unspecified atom stereocenters. The summed E-state index contributed by atoms with van der Waals surface area (Å²) in [6.07, 6.45) is 6.00. The van der Waals surface area contributed by atoms with Crippen LogP contribution in [0.4, 0.5) is 0 Å². The Balaban J connectivity index is 0.000000567. The molecule has 3 saturated heterocycles. The molecule has 1 N–H and O–H groups in total. The second-order valence-electron chi connectivity index (χ2n) is 16.1. The van der Waals surface area contributed by atoms with Gasteiger partial charge in [-0.25, -0.2) is 8.42 Å². The van der Waals surface area contributed by atoms with Crippen LogP contribution in [0, 0.1) is 11.8 Å². The van der Waals surface area contributed by atoms with Crippen molar-refractivity contribution in [2.45, 2.75) is 50.7 Å². The van der Waals surface area contributed by atoms with Gasteiger partial charge < -0.3 is 80.2 Å². The van der Waals surface area contributed by atoms with Crippen molar-refractivity contribution in [2.75, 3.05) is 223 Å². The molecule has 424 valence electrons. The van der Waals surface area contributed by atoms with E-state index in [9.17, 15) is 13.2 Å². The van der Waals surface area contributed by atoms with Crippen LogP contribution >= 0.6 is 0 Å². The molecule has 3 aliphatic heterocycles. The van der Waals surface area contributed by atoms with Crippen molar-refractivity contribution in [1.82, 2.24) is 10.2 Å². The lowest BCUT2D eigenvalue weighted by molar-refractivity contribution is -0.126. The van der Waals surface area contributed by atoms with Gasteiger partial charge in [0, 0.05) is 55.5 Å². The number of ether oxygens (including phenoxy) is 13. The van der Waals surface area contributed by atoms with Crippen LogP contribution in [-0.2, 0) is 89.5 Å². The molecular weight excluding hydrogens is 999 g/mol. The Hall–Kier alpha value is -2.43. The Morgan fingerprint density at radius 3 is 1.47 bits per heavy atom. The lowest BCUT2D eigenvalue weighted by Gasteiger charge is -2.38. The molecule has 1 atom stereocenters. The summed E-state index contributed by atoms with van der Waals surface area (Å²) in [5.74, 6) is 6.08. The maximum Gasteiger partial charge on any atom is 0.501 e. The first-order chi connectivity index (χ1) is 35.9. The number of amides is 1. The normalized spacial score (nSPS) is 18.9. The molecule has 24 nitrogen and oxygen atoms in total. The maximum absolute atomic E-state index is 12.0. The Bertz CT molecular complexity index is 1520. The summed E-state index contributed by atoms with van der Waals surface area (Å²) in [4.78, 5) is 17.0. The summed E-state index contributed by atoms with van der Waals surface area (Å²) in [6, 6.07) is 0.738. The first-order valence-electron chi connectivity index (χ1n) is 25.7. The van der Waals surface area contributed by atoms with Crippen LogP contribution in [0.3, 0.4) is 0 Å². The van der Waals surface area contributed by atoms with Gasteiger partial charge in [-0.05, 0) is 31.2 Å². The minimum Gasteiger partial charge on any atom is -0.379 e. The number of nitrogens with zero attached hydrogens (tertiary/aromatic N) is 4. The van der Waals surface area contributed by atoms with Crippen molar-refractivity contribution >= 4 is 24.5 Å². The van der Waals surface area contributed by atoms with Crippen LogP contribution in [-0.4, -0.2) is 258 Å². The van der Waals surface area contributed by atoms with Gasteiger partial charge in [-0.3, -0.25) is 9.69 Å². The van der Waals surface area contributed by atoms with Gasteiger partial charge in [-0.1, -0.05) is 24.0 Å². The number of sulfone groups is 1. The van der Waals surface area contributed by atoms with Gasteiger partial charge in [-0.15, -0.1) is 5.92 Å². The first-order valence-corrected chi connectivity index (χ1v) is 29.3. The van der Waals surface area contributed by atoms with Crippen LogP contribution in [0.15, 0.2) is 17.1 Å². The number of azide groups is 1. The molecule has 1 aliphatic carbocycles. The van der Waals surface area contributed by atoms with Gasteiger partial charge >= 0.3 is 8.80 Å². The number of carbonyl (C=O) groups is 1. The summed E-state index contributed by atoms with van der Waals surface area (Å²) in [5.41, 5.74) is 8.13. The van der Waals surface area contributed by atoms with Crippen molar-refractivity contribution in [2.24, 2.45) is 5.11 Å². The molecule has 26 heteroatoms. The zero-order chi connectivity index (χ0) is 52.3. The van der Waals surface area contributed by atoms with E-state index < -0.39 is 18.6 Å². The zero-order valence-corrected chi connectivity index (χ0v) is 45.1. The highest BCUT2D eigenvalue weighted by molar-refractivity contribution is 7.94. The molecule has 4 aliphatic rings. The van der Waals surface area contributed by atoms with Crippen molar-refractivity contribution in [3.8, 4) is 11.8 Å². The van der Waals surface area contributed by atoms with E-state index in [0.717, 1.165) is 56.8 Å². The topological polar surface area (TPSA) is 263 Å². The predicted octanol–water partition coefficient (Wildman–Crippen LogP) is 2.22. The van der Waals surface area contributed by atoms with Gasteiger partial charge in [0.15, 0.2) is 9.84 Å². The van der Waals surface area contributed by atoms with E-state index in [1.165, 1.54) is 12.8 Å². The Morgan fingerprint density at radius 1 is 0.644 bits per heavy atom. The molecule has 73 heavy (non-hydrogen) atoms. The van der Waals surface area contributed by atoms with Crippen molar-refractivity contribution < 1.29 is 88.1 Å². The lowest BCUT2D eigenvalue weighted by Crippen LogP contribution is -2.55. The van der Waals surface area contributed by atoms with Gasteiger partial charge in [0.2, 0.25) is 5.91 Å². The van der Waals surface area contributed by atoms with E-state index in [0.29, 0.717) is 185 Å². The van der Waals surface area contributed by atoms with Gasteiger partial charge in [0.1, 0.15) is 12.7 Å². The molecule has 3 heterocycles. The van der Waals surface area contributed by atoms with Crippen LogP contribution in [0.25, 0.3) is 10.4 Å². The van der Waals surface area contributed by atoms with Crippen LogP contribution < -0.4 is 5.32 Å². The van der Waals surface area contributed by atoms with Crippen LogP contribution in [0.5, 0.6) is 0 Å². The van der Waals surface area contributed by atoms with Crippen LogP contribution in [0.1, 0.15) is 38.5 Å². The lowest BCUT2D eigenvalue weighted by atomic mass is 10.1. The molecule has 1 amide bonds. The third kappa shape index (κ3) is 42.4. The van der Waals surface area contributed by atoms with Crippen molar-refractivity contribution in [1.29, 1.82) is 0 Å². The highest BCUT2D eigenvalue weighted by atomic mass is 32.2. The summed E-state index contributed by atoms with van der Waals surface area (Å²) in [5, 5.41) is 7.22. The second kappa shape index (κ2) is 49.2. The molecule has 4 rings (SSSR count). The molecule has 3 fully saturated rings. The zero-order valence-electron chi connectivity index (χ0n) is 43.3. The number of hydrogen-bond donors (Lipinski definition) is 1. The molecule has 0 saturated carbocycles. The highest BCUT2D eigenvalue weighted by Crippen LogP contribution is 2.21. The van der Waals surface area contributed by atoms with E-state index in [4.69, 9.17) is 80.4 Å². The van der Waals surface area contributed by atoms with E-state index in [2.05, 4.69) is 38.7 Å². The third-order valence-electron chi connectivity index (χ3n) is 10.4. The predicted molar refractivity (Wildman–Crippen MR) is 271 cm³/mol. The van der Waals surface area contributed by atoms with Crippen molar-refractivity contribution in [3.05, 3.63) is 22.4 Å². The molecule has 2 bridgehead atoms. The Labute approximate surface area is 435 Å². The Morgan fingerprint density at radius 2 is 1.05 bits per heavy atom. The number of carbonyl (C=O) groups excluding carboxylic acids is 1. The summed E-state index contributed by atoms with van der Waals surface area (Å²) >= 11 is 0.